The lowest BCUT2D eigenvalue weighted by molar-refractivity contribution is -0.115. The summed E-state index contributed by atoms with van der Waals surface area (Å²) in [5, 5.41) is 11.7. The molecule has 0 atom stereocenters. The number of hydrogen-bond donors (Lipinski definition) is 0. The average Bonchev–Trinajstić information content (AvgIpc) is 3.23. The van der Waals surface area contributed by atoms with Crippen LogP contribution >= 0.6 is 23.1 Å². The highest BCUT2D eigenvalue weighted by Crippen LogP contribution is 2.31. The molecule has 3 rings (SSSR count). The zero-order valence-corrected chi connectivity index (χ0v) is 15.9. The number of amides is 1. The minimum Gasteiger partial charge on any atom is -0.306 e. The summed E-state index contributed by atoms with van der Waals surface area (Å²) in [4.78, 5) is 18.3. The molecule has 0 radical (unpaired) electrons. The Balaban J connectivity index is 1.75. The van der Waals surface area contributed by atoms with Crippen LogP contribution < -0.4 is 4.90 Å². The molecule has 2 aromatic heterocycles. The van der Waals surface area contributed by atoms with E-state index in [1.165, 1.54) is 11.3 Å². The van der Waals surface area contributed by atoms with E-state index in [1.54, 1.807) is 29.9 Å². The van der Waals surface area contributed by atoms with Gasteiger partial charge in [0, 0.05) is 24.1 Å². The molecule has 130 valence electrons. The molecule has 0 saturated carbocycles. The SMILES string of the molecule is CC(=O)N(c1ccccc1)c1nc(CSc2nncn2C(C)C)cs1. The molecule has 8 heteroatoms. The van der Waals surface area contributed by atoms with Crippen molar-refractivity contribution in [1.29, 1.82) is 0 Å². The van der Waals surface area contributed by atoms with Gasteiger partial charge in [0.1, 0.15) is 6.33 Å². The summed E-state index contributed by atoms with van der Waals surface area (Å²) in [5.74, 6) is 0.627. The molecule has 25 heavy (non-hydrogen) atoms. The van der Waals surface area contributed by atoms with Crippen LogP contribution in [0.5, 0.6) is 0 Å². The standard InChI is InChI=1S/C17H19N5OS2/c1-12(2)21-11-18-20-17(21)25-10-14-9-24-16(19-14)22(13(3)23)15-7-5-4-6-8-15/h4-9,11-12H,10H2,1-3H3. The quantitative estimate of drug-likeness (QED) is 0.603. The van der Waals surface area contributed by atoms with Crippen LogP contribution in [0.4, 0.5) is 10.8 Å². The number of carbonyl (C=O) groups excluding carboxylic acids is 1. The molecule has 1 amide bonds. The minimum absolute atomic E-state index is 0.0562. The van der Waals surface area contributed by atoms with Gasteiger partial charge in [-0.15, -0.1) is 21.5 Å². The Kier molecular flexibility index (Phi) is 5.50. The second-order valence-electron chi connectivity index (χ2n) is 5.71. The van der Waals surface area contributed by atoms with Gasteiger partial charge in [0.2, 0.25) is 5.91 Å². The summed E-state index contributed by atoms with van der Waals surface area (Å²) in [5.41, 5.74) is 1.74. The monoisotopic (exact) mass is 373 g/mol. The van der Waals surface area contributed by atoms with Gasteiger partial charge in [-0.2, -0.15) is 0 Å². The number of anilines is 2. The van der Waals surface area contributed by atoms with Crippen molar-refractivity contribution in [3.63, 3.8) is 0 Å². The lowest BCUT2D eigenvalue weighted by Crippen LogP contribution is -2.22. The number of benzene rings is 1. The Hall–Kier alpha value is -2.19. The molecule has 3 aromatic rings. The maximum atomic E-state index is 12.1. The van der Waals surface area contributed by atoms with Crippen LogP contribution in [0.25, 0.3) is 0 Å². The highest BCUT2D eigenvalue weighted by Gasteiger charge is 2.18. The first-order chi connectivity index (χ1) is 12.1. The number of carbonyl (C=O) groups is 1. The molecule has 0 spiro atoms. The third-order valence-corrected chi connectivity index (χ3v) is 5.37. The zero-order valence-electron chi connectivity index (χ0n) is 14.3. The fraction of sp³-hybridized carbons (Fsp3) is 0.294. The smallest absolute Gasteiger partial charge is 0.230 e. The maximum Gasteiger partial charge on any atom is 0.230 e. The molecule has 0 N–H and O–H groups in total. The van der Waals surface area contributed by atoms with Gasteiger partial charge in [0.15, 0.2) is 10.3 Å². The van der Waals surface area contributed by atoms with Crippen molar-refractivity contribution in [2.75, 3.05) is 4.90 Å². The fourth-order valence-corrected chi connectivity index (χ4v) is 4.23. The van der Waals surface area contributed by atoms with Gasteiger partial charge in [-0.1, -0.05) is 30.0 Å². The van der Waals surface area contributed by atoms with Gasteiger partial charge >= 0.3 is 0 Å². The Morgan fingerprint density at radius 3 is 2.76 bits per heavy atom. The van der Waals surface area contributed by atoms with E-state index in [9.17, 15) is 4.79 Å². The second-order valence-corrected chi connectivity index (χ2v) is 7.49. The first-order valence-electron chi connectivity index (χ1n) is 7.88. The number of thiazole rings is 1. The van der Waals surface area contributed by atoms with Crippen molar-refractivity contribution in [2.24, 2.45) is 0 Å². The predicted molar refractivity (Wildman–Crippen MR) is 101 cm³/mol. The molecule has 0 unspecified atom stereocenters. The van der Waals surface area contributed by atoms with Gasteiger partial charge in [-0.05, 0) is 26.0 Å². The van der Waals surface area contributed by atoms with Crippen molar-refractivity contribution in [3.8, 4) is 0 Å². The third kappa shape index (κ3) is 4.08. The first kappa shape index (κ1) is 17.6. The number of thioether (sulfide) groups is 1. The molecule has 6 nitrogen and oxygen atoms in total. The van der Waals surface area contributed by atoms with Gasteiger partial charge in [-0.3, -0.25) is 9.69 Å². The zero-order chi connectivity index (χ0) is 17.8. The number of rotatable bonds is 6. The number of hydrogen-bond acceptors (Lipinski definition) is 6. The molecular weight excluding hydrogens is 354 g/mol. The molecule has 0 aliphatic heterocycles. The summed E-state index contributed by atoms with van der Waals surface area (Å²) in [7, 11) is 0. The van der Waals surface area contributed by atoms with E-state index in [1.807, 2.05) is 40.3 Å². The molecule has 1 aromatic carbocycles. The molecular formula is C17H19N5OS2. The second kappa shape index (κ2) is 7.79. The van der Waals surface area contributed by atoms with Crippen molar-refractivity contribution in [3.05, 3.63) is 47.7 Å². The summed E-state index contributed by atoms with van der Waals surface area (Å²) in [6.07, 6.45) is 1.74. The van der Waals surface area contributed by atoms with E-state index in [4.69, 9.17) is 0 Å². The summed E-state index contributed by atoms with van der Waals surface area (Å²) >= 11 is 3.06. The average molecular weight is 374 g/mol. The van der Waals surface area contributed by atoms with Crippen LogP contribution in [-0.4, -0.2) is 25.7 Å². The Morgan fingerprint density at radius 2 is 2.08 bits per heavy atom. The first-order valence-corrected chi connectivity index (χ1v) is 9.75. The number of nitrogens with zero attached hydrogens (tertiary/aromatic N) is 5. The van der Waals surface area contributed by atoms with Crippen molar-refractivity contribution in [1.82, 2.24) is 19.7 Å². The largest absolute Gasteiger partial charge is 0.306 e. The minimum atomic E-state index is -0.0562. The Labute approximate surface area is 154 Å². The van der Waals surface area contributed by atoms with Crippen molar-refractivity contribution in [2.45, 2.75) is 37.7 Å². The highest BCUT2D eigenvalue weighted by atomic mass is 32.2. The predicted octanol–water partition coefficient (Wildman–Crippen LogP) is 4.29. The van der Waals surface area contributed by atoms with Crippen molar-refractivity contribution < 1.29 is 4.79 Å². The van der Waals surface area contributed by atoms with Gasteiger partial charge in [0.05, 0.1) is 11.4 Å². The molecule has 0 saturated heterocycles. The maximum absolute atomic E-state index is 12.1. The molecule has 2 heterocycles. The van der Waals surface area contributed by atoms with E-state index in [2.05, 4.69) is 29.0 Å². The lowest BCUT2D eigenvalue weighted by atomic mass is 10.3. The molecule has 0 fully saturated rings. The van der Waals surface area contributed by atoms with Crippen LogP contribution in [-0.2, 0) is 10.5 Å². The molecule has 0 bridgehead atoms. The highest BCUT2D eigenvalue weighted by molar-refractivity contribution is 7.98. The van der Waals surface area contributed by atoms with E-state index >= 15 is 0 Å². The normalized spacial score (nSPS) is 11.0. The molecule has 0 aliphatic carbocycles. The van der Waals surface area contributed by atoms with Crippen LogP contribution in [0.1, 0.15) is 32.5 Å². The van der Waals surface area contributed by atoms with Crippen LogP contribution in [0.15, 0.2) is 47.2 Å². The summed E-state index contributed by atoms with van der Waals surface area (Å²) in [6, 6.07) is 9.87. The van der Waals surface area contributed by atoms with Gasteiger partial charge < -0.3 is 4.57 Å². The van der Waals surface area contributed by atoms with E-state index < -0.39 is 0 Å². The van der Waals surface area contributed by atoms with Crippen LogP contribution in [0.3, 0.4) is 0 Å². The molecule has 0 aliphatic rings. The van der Waals surface area contributed by atoms with Gasteiger partial charge in [0.25, 0.3) is 0 Å². The van der Waals surface area contributed by atoms with Crippen molar-refractivity contribution >= 4 is 39.8 Å². The van der Waals surface area contributed by atoms with E-state index in [0.29, 0.717) is 16.9 Å². The van der Waals surface area contributed by atoms with E-state index in [-0.39, 0.29) is 5.91 Å². The van der Waals surface area contributed by atoms with Crippen LogP contribution in [0, 0.1) is 0 Å². The Bertz CT molecular complexity index is 844. The van der Waals surface area contributed by atoms with Gasteiger partial charge in [-0.25, -0.2) is 4.98 Å². The third-order valence-electron chi connectivity index (χ3n) is 3.51. The number of aromatic nitrogens is 4. The topological polar surface area (TPSA) is 63.9 Å². The fourth-order valence-electron chi connectivity index (χ4n) is 2.30. The number of para-hydroxylation sites is 1. The lowest BCUT2D eigenvalue weighted by Gasteiger charge is -2.17. The summed E-state index contributed by atoms with van der Waals surface area (Å²) in [6.45, 7) is 5.74. The van der Waals surface area contributed by atoms with E-state index in [0.717, 1.165) is 16.5 Å². The summed E-state index contributed by atoms with van der Waals surface area (Å²) < 4.78 is 2.03. The Morgan fingerprint density at radius 1 is 1.32 bits per heavy atom. The van der Waals surface area contributed by atoms with Crippen LogP contribution in [0.2, 0.25) is 0 Å².